The van der Waals surface area contributed by atoms with Crippen molar-refractivity contribution in [1.82, 2.24) is 0 Å². The topological polar surface area (TPSA) is 0 Å². The molecule has 1 aromatic rings. The number of rotatable bonds is 5. The maximum absolute atomic E-state index is 2.51. The molecule has 0 fully saturated rings. The summed E-state index contributed by atoms with van der Waals surface area (Å²) in [6.45, 7) is 21.4. The van der Waals surface area contributed by atoms with Gasteiger partial charge in [0.2, 0.25) is 0 Å². The van der Waals surface area contributed by atoms with Crippen LogP contribution in [0.25, 0.3) is 0 Å². The van der Waals surface area contributed by atoms with Crippen molar-refractivity contribution in [3.63, 3.8) is 0 Å². The summed E-state index contributed by atoms with van der Waals surface area (Å²) in [6, 6.07) is 7.33. The Balaban J connectivity index is 3.57. The molecule has 116 valence electrons. The van der Waals surface area contributed by atoms with Gasteiger partial charge in [-0.15, -0.1) is 0 Å². The minimum atomic E-state index is -0.804. The first-order chi connectivity index (χ1) is 9.13. The van der Waals surface area contributed by atoms with E-state index in [0.29, 0.717) is 5.92 Å². The Labute approximate surface area is 128 Å². The molecule has 20 heavy (non-hydrogen) atoms. The Morgan fingerprint density at radius 3 is 1.50 bits per heavy atom. The first kappa shape index (κ1) is 17.6. The number of aryl methyl sites for hydroxylation is 1. The summed E-state index contributed by atoms with van der Waals surface area (Å²) in [5.74, 6) is 0.609. The van der Waals surface area contributed by atoms with Crippen LogP contribution in [0.3, 0.4) is 0 Å². The van der Waals surface area contributed by atoms with Gasteiger partial charge in [0.05, 0.1) is 0 Å². The van der Waals surface area contributed by atoms with Gasteiger partial charge in [0.1, 0.15) is 0 Å². The van der Waals surface area contributed by atoms with Gasteiger partial charge in [0.15, 0.2) is 0 Å². The van der Waals surface area contributed by atoms with Crippen LogP contribution in [0.5, 0.6) is 0 Å². The molecule has 0 aliphatic carbocycles. The van der Waals surface area contributed by atoms with Gasteiger partial charge in [0.25, 0.3) is 0 Å². The van der Waals surface area contributed by atoms with Crippen molar-refractivity contribution in [1.29, 1.82) is 0 Å². The highest BCUT2D eigenvalue weighted by atomic mass is 32.3. The highest BCUT2D eigenvalue weighted by Crippen LogP contribution is 2.66. The molecule has 0 aliphatic heterocycles. The largest absolute Gasteiger partial charge is 0.207 e. The van der Waals surface area contributed by atoms with Crippen LogP contribution in [0.1, 0.15) is 72.4 Å². The zero-order chi connectivity index (χ0) is 15.7. The van der Waals surface area contributed by atoms with Gasteiger partial charge in [-0.3, -0.25) is 0 Å². The van der Waals surface area contributed by atoms with E-state index in [-0.39, 0.29) is 0 Å². The molecule has 0 spiro atoms. The second-order valence-corrected chi connectivity index (χ2v) is 12.0. The molecule has 0 radical (unpaired) electrons. The molecular formula is C19H34S. The molecule has 0 bridgehead atoms. The fraction of sp³-hybridized carbons (Fsp3) is 0.684. The van der Waals surface area contributed by atoms with E-state index in [4.69, 9.17) is 0 Å². The zero-order valence-corrected chi connectivity index (χ0v) is 15.8. The quantitative estimate of drug-likeness (QED) is 0.581. The van der Waals surface area contributed by atoms with E-state index >= 15 is 0 Å². The minimum Gasteiger partial charge on any atom is -0.207 e. The van der Waals surface area contributed by atoms with Crippen LogP contribution in [-0.4, -0.2) is 15.7 Å². The van der Waals surface area contributed by atoms with Crippen LogP contribution < -0.4 is 0 Å². The lowest BCUT2D eigenvalue weighted by Gasteiger charge is -2.52. The van der Waals surface area contributed by atoms with Crippen LogP contribution in [0.2, 0.25) is 0 Å². The summed E-state index contributed by atoms with van der Waals surface area (Å²) in [4.78, 5) is 1.63. The second-order valence-electron chi connectivity index (χ2n) is 7.14. The molecule has 0 amide bonds. The van der Waals surface area contributed by atoms with Gasteiger partial charge in [-0.1, -0.05) is 61.5 Å². The molecule has 0 saturated heterocycles. The Morgan fingerprint density at radius 1 is 0.700 bits per heavy atom. The van der Waals surface area contributed by atoms with E-state index < -0.39 is 10.0 Å². The molecule has 0 saturated carbocycles. The first-order valence-corrected chi connectivity index (χ1v) is 9.87. The van der Waals surface area contributed by atoms with E-state index in [1.807, 2.05) is 0 Å². The van der Waals surface area contributed by atoms with Crippen molar-refractivity contribution in [3.8, 4) is 0 Å². The van der Waals surface area contributed by atoms with Gasteiger partial charge >= 0.3 is 0 Å². The van der Waals surface area contributed by atoms with Crippen molar-refractivity contribution >= 4 is 10.0 Å². The molecule has 1 rings (SSSR count). The lowest BCUT2D eigenvalue weighted by molar-refractivity contribution is 0.856. The predicted molar refractivity (Wildman–Crippen MR) is 96.5 cm³/mol. The van der Waals surface area contributed by atoms with Crippen molar-refractivity contribution in [3.05, 3.63) is 29.3 Å². The summed E-state index contributed by atoms with van der Waals surface area (Å²) in [5.41, 5.74) is 2.92. The highest BCUT2D eigenvalue weighted by molar-refractivity contribution is 8.35. The highest BCUT2D eigenvalue weighted by Gasteiger charge is 2.36. The predicted octanol–water partition coefficient (Wildman–Crippen LogP) is 6.51. The smallest absolute Gasteiger partial charge is 0.00867 e. The molecule has 0 aliphatic rings. The summed E-state index contributed by atoms with van der Waals surface area (Å²) in [5, 5.41) is 2.18. The average Bonchev–Trinajstić information content (AvgIpc) is 2.26. The minimum absolute atomic E-state index is 0.609. The van der Waals surface area contributed by atoms with Crippen molar-refractivity contribution in [2.45, 2.75) is 88.9 Å². The summed E-state index contributed by atoms with van der Waals surface area (Å²) in [6.07, 6.45) is 0. The second kappa shape index (κ2) is 6.56. The van der Waals surface area contributed by atoms with Crippen molar-refractivity contribution < 1.29 is 0 Å². The molecule has 1 heteroatoms. The third kappa shape index (κ3) is 3.08. The van der Waals surface area contributed by atoms with Crippen LogP contribution in [0.15, 0.2) is 23.1 Å². The molecule has 0 N–H and O–H groups in total. The molecule has 0 aromatic heterocycles. The number of hydrogen-bond acceptors (Lipinski definition) is 0. The van der Waals surface area contributed by atoms with E-state index in [1.54, 1.807) is 4.90 Å². The Kier molecular flexibility index (Phi) is 5.78. The standard InChI is InChI=1S/C19H34S/c1-13(2)18-10-17(9)11-19(12-18)20(14(3)4,15(5)6)16(7)8/h10-16H,1-9H3. The Hall–Kier alpha value is -0.430. The third-order valence-corrected chi connectivity index (χ3v) is 10.2. The molecule has 0 atom stereocenters. The van der Waals surface area contributed by atoms with Crippen LogP contribution in [-0.2, 0) is 0 Å². The average molecular weight is 295 g/mol. The maximum Gasteiger partial charge on any atom is -0.00867 e. The monoisotopic (exact) mass is 294 g/mol. The van der Waals surface area contributed by atoms with E-state index in [9.17, 15) is 0 Å². The van der Waals surface area contributed by atoms with E-state index in [0.717, 1.165) is 15.7 Å². The Morgan fingerprint density at radius 2 is 1.15 bits per heavy atom. The van der Waals surface area contributed by atoms with E-state index in [2.05, 4.69) is 80.5 Å². The Bertz CT molecular complexity index is 419. The fourth-order valence-corrected chi connectivity index (χ4v) is 9.39. The van der Waals surface area contributed by atoms with Crippen LogP contribution in [0.4, 0.5) is 0 Å². The summed E-state index contributed by atoms with van der Waals surface area (Å²) < 4.78 is 0. The van der Waals surface area contributed by atoms with E-state index in [1.165, 1.54) is 11.1 Å². The van der Waals surface area contributed by atoms with Crippen molar-refractivity contribution in [2.24, 2.45) is 0 Å². The molecule has 1 aromatic carbocycles. The summed E-state index contributed by atoms with van der Waals surface area (Å²) in [7, 11) is -0.804. The SMILES string of the molecule is Cc1cc(C(C)C)cc(S(C(C)C)(C(C)C)C(C)C)c1. The van der Waals surface area contributed by atoms with Crippen LogP contribution >= 0.6 is 10.0 Å². The fourth-order valence-electron chi connectivity index (χ4n) is 3.76. The zero-order valence-electron chi connectivity index (χ0n) is 14.9. The lowest BCUT2D eigenvalue weighted by atomic mass is 10.0. The van der Waals surface area contributed by atoms with Gasteiger partial charge < -0.3 is 0 Å². The molecule has 0 nitrogen and oxygen atoms in total. The number of hydrogen-bond donors (Lipinski definition) is 0. The van der Waals surface area contributed by atoms with Gasteiger partial charge in [-0.25, -0.2) is 10.0 Å². The molecule has 0 unspecified atom stereocenters. The molecular weight excluding hydrogens is 260 g/mol. The maximum atomic E-state index is 2.51. The van der Waals surface area contributed by atoms with Gasteiger partial charge in [-0.05, 0) is 56.7 Å². The number of benzene rings is 1. The van der Waals surface area contributed by atoms with Gasteiger partial charge in [-0.2, -0.15) is 0 Å². The van der Waals surface area contributed by atoms with Gasteiger partial charge in [0, 0.05) is 0 Å². The lowest BCUT2D eigenvalue weighted by Crippen LogP contribution is -2.29. The van der Waals surface area contributed by atoms with Crippen LogP contribution in [0, 0.1) is 6.92 Å². The summed E-state index contributed by atoms with van der Waals surface area (Å²) >= 11 is 0. The third-order valence-electron chi connectivity index (χ3n) is 4.49. The van der Waals surface area contributed by atoms with Crippen molar-refractivity contribution in [2.75, 3.05) is 0 Å². The normalized spacial score (nSPS) is 13.8. The first-order valence-electron chi connectivity index (χ1n) is 8.05. The molecule has 0 heterocycles.